The lowest BCUT2D eigenvalue weighted by atomic mass is 9.95. The first-order valence-electron chi connectivity index (χ1n) is 14.9. The maximum Gasteiger partial charge on any atom is 0.319 e. The maximum atomic E-state index is 17.0. The molecule has 0 spiro atoms. The Hall–Kier alpha value is -3.50. The van der Waals surface area contributed by atoms with Gasteiger partial charge in [0, 0.05) is 17.5 Å². The number of thiophene rings is 1. The highest BCUT2D eigenvalue weighted by atomic mass is 35.5. The Morgan fingerprint density at radius 2 is 2.00 bits per heavy atom. The summed E-state index contributed by atoms with van der Waals surface area (Å²) in [5.41, 5.74) is 6.16. The molecule has 9 nitrogen and oxygen atoms in total. The van der Waals surface area contributed by atoms with Gasteiger partial charge in [0.2, 0.25) is 0 Å². The molecule has 0 amide bonds. The number of benzene rings is 2. The number of rotatable bonds is 4. The molecule has 2 aromatic carbocycles. The van der Waals surface area contributed by atoms with E-state index < -0.39 is 17.7 Å². The number of nitrogens with two attached hydrogens (primary N) is 1. The zero-order valence-electron chi connectivity index (χ0n) is 23.7. The average Bonchev–Trinajstić information content (AvgIpc) is 3.66. The zero-order valence-corrected chi connectivity index (χ0v) is 25.3. The molecule has 8 rings (SSSR count). The molecule has 2 atom stereocenters. The van der Waals surface area contributed by atoms with E-state index in [2.05, 4.69) is 9.88 Å². The number of anilines is 2. The smallest absolute Gasteiger partial charge is 0.319 e. The van der Waals surface area contributed by atoms with Gasteiger partial charge in [-0.15, -0.1) is 11.3 Å². The second-order valence-corrected chi connectivity index (χ2v) is 13.6. The molecule has 0 bridgehead atoms. The minimum Gasteiger partial charge on any atom is -0.489 e. The highest BCUT2D eigenvalue weighted by Gasteiger charge is 2.45. The van der Waals surface area contributed by atoms with Crippen LogP contribution in [0.3, 0.4) is 0 Å². The van der Waals surface area contributed by atoms with Gasteiger partial charge in [-0.25, -0.2) is 8.78 Å². The van der Waals surface area contributed by atoms with Crippen molar-refractivity contribution in [1.82, 2.24) is 14.9 Å². The number of aliphatic hydroxyl groups excluding tert-OH is 1. The first-order valence-corrected chi connectivity index (χ1v) is 16.1. The third-order valence-electron chi connectivity index (χ3n) is 9.80. The topological polar surface area (TPSA) is 121 Å². The molecule has 3 fully saturated rings. The van der Waals surface area contributed by atoms with E-state index in [1.165, 1.54) is 12.1 Å². The number of fused-ring (bicyclic) bond motifs is 4. The molecule has 2 unspecified atom stereocenters. The molecule has 4 aliphatic rings. The van der Waals surface area contributed by atoms with Crippen LogP contribution in [0.2, 0.25) is 5.02 Å². The van der Waals surface area contributed by atoms with Crippen LogP contribution in [0.25, 0.3) is 32.1 Å². The van der Waals surface area contributed by atoms with Crippen molar-refractivity contribution in [2.75, 3.05) is 43.5 Å². The van der Waals surface area contributed by atoms with Crippen molar-refractivity contribution in [3.05, 3.63) is 34.4 Å². The molecule has 44 heavy (non-hydrogen) atoms. The number of ether oxygens (including phenoxy) is 2. The fraction of sp³-hybridized carbons (Fsp3) is 0.452. The molecule has 4 aliphatic heterocycles. The predicted octanol–water partition coefficient (Wildman–Crippen LogP) is 5.63. The van der Waals surface area contributed by atoms with Gasteiger partial charge in [-0.3, -0.25) is 4.90 Å². The summed E-state index contributed by atoms with van der Waals surface area (Å²) >= 11 is 7.92. The van der Waals surface area contributed by atoms with Gasteiger partial charge in [-0.1, -0.05) is 17.7 Å². The Morgan fingerprint density at radius 3 is 2.77 bits per heavy atom. The molecule has 6 heterocycles. The predicted molar refractivity (Wildman–Crippen MR) is 165 cm³/mol. The van der Waals surface area contributed by atoms with Crippen molar-refractivity contribution in [3.8, 4) is 29.0 Å². The largest absolute Gasteiger partial charge is 0.489 e. The molecule has 13 heteroatoms. The van der Waals surface area contributed by atoms with Gasteiger partial charge in [0.25, 0.3) is 0 Å². The average molecular weight is 639 g/mol. The van der Waals surface area contributed by atoms with Gasteiger partial charge < -0.3 is 25.2 Å². The van der Waals surface area contributed by atoms with Crippen LogP contribution in [0, 0.1) is 23.0 Å². The van der Waals surface area contributed by atoms with E-state index >= 15 is 4.39 Å². The second kappa shape index (κ2) is 10.3. The summed E-state index contributed by atoms with van der Waals surface area (Å²) in [4.78, 5) is 13.9. The molecule has 3 saturated heterocycles. The fourth-order valence-corrected chi connectivity index (χ4v) is 8.98. The Balaban J connectivity index is 1.35. The molecular weight excluding hydrogens is 610 g/mol. The lowest BCUT2D eigenvalue weighted by molar-refractivity contribution is 0.107. The minimum atomic E-state index is -0.760. The molecule has 2 aromatic heterocycles. The number of nitrogens with zero attached hydrogens (tertiary/aromatic N) is 5. The van der Waals surface area contributed by atoms with Crippen LogP contribution in [0.5, 0.6) is 11.8 Å². The van der Waals surface area contributed by atoms with Crippen molar-refractivity contribution in [3.63, 3.8) is 0 Å². The molecule has 0 saturated carbocycles. The Morgan fingerprint density at radius 1 is 1.20 bits per heavy atom. The van der Waals surface area contributed by atoms with Crippen LogP contribution in [0.1, 0.15) is 44.1 Å². The monoisotopic (exact) mass is 638 g/mol. The SMILES string of the molecule is N#Cc1c(N)sc2c(F)ccc(-c3c(Cl)c4c5c(nc(OCC67CCCN6CCC7)nc5c3F)N3CCC(O)CC3CO4)c12. The summed E-state index contributed by atoms with van der Waals surface area (Å²) in [5, 5.41) is 20.9. The van der Waals surface area contributed by atoms with E-state index in [0.717, 1.165) is 50.1 Å². The molecule has 4 aromatic rings. The molecule has 0 radical (unpaired) electrons. The van der Waals surface area contributed by atoms with Gasteiger partial charge in [-0.2, -0.15) is 15.2 Å². The Bertz CT molecular complexity index is 1890. The first kappa shape index (κ1) is 28.0. The Labute approximate surface area is 260 Å². The summed E-state index contributed by atoms with van der Waals surface area (Å²) in [6.07, 6.45) is 4.71. The first-order chi connectivity index (χ1) is 21.3. The van der Waals surface area contributed by atoms with Gasteiger partial charge in [0.05, 0.1) is 38.4 Å². The maximum absolute atomic E-state index is 17.0. The summed E-state index contributed by atoms with van der Waals surface area (Å²) in [5.74, 6) is -0.698. The number of aliphatic hydroxyl groups is 1. The Kier molecular flexibility index (Phi) is 6.54. The standard InChI is InChI=1S/C31H29ClF2N6O3S/c32-23-21(17-3-4-19(33)27-20(17)18(12-35)28(36)44-27)24(34)25-22-26(23)42-13-15-11-16(41)5-10-40(15)29(22)38-30(37-25)43-14-31-6-1-8-39(31)9-2-7-31/h3-4,15-16,41H,1-2,5-11,13-14,36H2. The van der Waals surface area contributed by atoms with Crippen molar-refractivity contribution in [1.29, 1.82) is 5.26 Å². The van der Waals surface area contributed by atoms with E-state index in [0.29, 0.717) is 37.2 Å². The summed E-state index contributed by atoms with van der Waals surface area (Å²) in [7, 11) is 0. The van der Waals surface area contributed by atoms with Crippen LogP contribution < -0.4 is 20.1 Å². The van der Waals surface area contributed by atoms with Crippen LogP contribution in [-0.4, -0.2) is 70.5 Å². The van der Waals surface area contributed by atoms with Crippen LogP contribution in [0.15, 0.2) is 12.1 Å². The van der Waals surface area contributed by atoms with E-state index in [1.54, 1.807) is 0 Å². The number of hydrogen-bond donors (Lipinski definition) is 2. The van der Waals surface area contributed by atoms with Crippen molar-refractivity contribution in [2.45, 2.75) is 56.2 Å². The number of aromatic nitrogens is 2. The van der Waals surface area contributed by atoms with E-state index in [-0.39, 0.29) is 72.3 Å². The fourth-order valence-electron chi connectivity index (χ4n) is 7.69. The van der Waals surface area contributed by atoms with Gasteiger partial charge in [-0.05, 0) is 63.2 Å². The van der Waals surface area contributed by atoms with Crippen LogP contribution >= 0.6 is 22.9 Å². The number of nitrogen functional groups attached to an aromatic ring is 1. The highest BCUT2D eigenvalue weighted by molar-refractivity contribution is 7.23. The normalized spacial score (nSPS) is 22.5. The minimum absolute atomic E-state index is 0.0399. The van der Waals surface area contributed by atoms with E-state index in [1.807, 2.05) is 11.0 Å². The van der Waals surface area contributed by atoms with Gasteiger partial charge >= 0.3 is 6.01 Å². The van der Waals surface area contributed by atoms with Crippen molar-refractivity contribution in [2.24, 2.45) is 0 Å². The van der Waals surface area contributed by atoms with Crippen LogP contribution in [0.4, 0.5) is 19.6 Å². The third kappa shape index (κ3) is 4.06. The highest BCUT2D eigenvalue weighted by Crippen LogP contribution is 2.51. The summed E-state index contributed by atoms with van der Waals surface area (Å²) in [6.45, 7) is 3.12. The molecule has 228 valence electrons. The lowest BCUT2D eigenvalue weighted by Crippen LogP contribution is -2.47. The number of hydrogen-bond acceptors (Lipinski definition) is 10. The summed E-state index contributed by atoms with van der Waals surface area (Å²) in [6, 6.07) is 4.46. The van der Waals surface area contributed by atoms with Gasteiger partial charge in [0.1, 0.15) is 41.4 Å². The van der Waals surface area contributed by atoms with Gasteiger partial charge in [0.15, 0.2) is 11.6 Å². The number of piperidine rings is 1. The third-order valence-corrected chi connectivity index (χ3v) is 11.2. The molecule has 3 N–H and O–H groups in total. The second-order valence-electron chi connectivity index (χ2n) is 12.2. The van der Waals surface area contributed by atoms with Crippen molar-refractivity contribution >= 4 is 54.7 Å². The quantitative estimate of drug-likeness (QED) is 0.293. The van der Waals surface area contributed by atoms with Crippen LogP contribution in [-0.2, 0) is 0 Å². The zero-order chi connectivity index (χ0) is 30.3. The van der Waals surface area contributed by atoms with Crippen molar-refractivity contribution < 1.29 is 23.4 Å². The summed E-state index contributed by atoms with van der Waals surface area (Å²) < 4.78 is 44.7. The van der Waals surface area contributed by atoms with E-state index in [9.17, 15) is 14.8 Å². The molecular formula is C31H29ClF2N6O3S. The number of nitriles is 1. The van der Waals surface area contributed by atoms with E-state index in [4.69, 9.17) is 31.8 Å². The lowest BCUT2D eigenvalue weighted by Gasteiger charge is -2.37. The number of halogens is 3. The molecule has 0 aliphatic carbocycles.